The summed E-state index contributed by atoms with van der Waals surface area (Å²) < 4.78 is 5.90. The molecule has 1 N–H and O–H groups in total. The first-order chi connectivity index (χ1) is 9.84. The van der Waals surface area contributed by atoms with Gasteiger partial charge in [-0.25, -0.2) is 0 Å². The minimum atomic E-state index is -0.627. The highest BCUT2D eigenvalue weighted by atomic mass is 16.6. The van der Waals surface area contributed by atoms with Crippen LogP contribution in [0.1, 0.15) is 51.5 Å². The lowest BCUT2D eigenvalue weighted by molar-refractivity contribution is -0.164. The Bertz CT molecular complexity index is 537. The lowest BCUT2D eigenvalue weighted by Crippen LogP contribution is -2.46. The lowest BCUT2D eigenvalue weighted by atomic mass is 9.67. The Kier molecular flexibility index (Phi) is 3.36. The van der Waals surface area contributed by atoms with E-state index >= 15 is 0 Å². The summed E-state index contributed by atoms with van der Waals surface area (Å²) in [6.07, 6.45) is 1.43. The Morgan fingerprint density at radius 3 is 2.52 bits per heavy atom. The van der Waals surface area contributed by atoms with Crippen LogP contribution >= 0.6 is 0 Å². The summed E-state index contributed by atoms with van der Waals surface area (Å²) >= 11 is 0. The molecule has 0 bridgehead atoms. The minimum Gasteiger partial charge on any atom is -0.458 e. The molecular formula is C18H24O3. The van der Waals surface area contributed by atoms with Crippen LogP contribution < -0.4 is 0 Å². The lowest BCUT2D eigenvalue weighted by Gasteiger charge is -2.42. The predicted octanol–water partition coefficient (Wildman–Crippen LogP) is 3.27. The van der Waals surface area contributed by atoms with E-state index in [4.69, 9.17) is 4.74 Å². The molecule has 1 saturated heterocycles. The highest BCUT2D eigenvalue weighted by Crippen LogP contribution is 2.57. The number of aliphatic hydroxyl groups is 1. The van der Waals surface area contributed by atoms with Crippen LogP contribution in [-0.4, -0.2) is 22.8 Å². The Balaban J connectivity index is 2.07. The van der Waals surface area contributed by atoms with E-state index in [9.17, 15) is 9.90 Å². The summed E-state index contributed by atoms with van der Waals surface area (Å²) in [6, 6.07) is 10.1. The maximum absolute atomic E-state index is 12.1. The van der Waals surface area contributed by atoms with Gasteiger partial charge in [0, 0.05) is 18.3 Å². The third-order valence-electron chi connectivity index (χ3n) is 5.52. The van der Waals surface area contributed by atoms with E-state index in [1.54, 1.807) is 0 Å². The van der Waals surface area contributed by atoms with E-state index in [0.717, 1.165) is 12.0 Å². The fraction of sp³-hybridized carbons (Fsp3) is 0.611. The van der Waals surface area contributed by atoms with Gasteiger partial charge in [-0.2, -0.15) is 0 Å². The van der Waals surface area contributed by atoms with Gasteiger partial charge in [-0.3, -0.25) is 4.79 Å². The number of benzene rings is 1. The highest BCUT2D eigenvalue weighted by Gasteiger charge is 2.60. The third kappa shape index (κ3) is 2.28. The zero-order valence-corrected chi connectivity index (χ0v) is 13.0. The van der Waals surface area contributed by atoms with Crippen molar-refractivity contribution in [2.45, 2.75) is 57.7 Å². The topological polar surface area (TPSA) is 46.5 Å². The average molecular weight is 288 g/mol. The second-order valence-electron chi connectivity index (χ2n) is 7.39. The molecule has 1 aromatic carbocycles. The number of rotatable bonds is 1. The minimum absolute atomic E-state index is 0.0262. The molecule has 4 atom stereocenters. The second kappa shape index (κ2) is 4.84. The molecule has 3 rings (SSSR count). The van der Waals surface area contributed by atoms with E-state index in [-0.39, 0.29) is 23.2 Å². The van der Waals surface area contributed by atoms with Crippen LogP contribution in [0.2, 0.25) is 0 Å². The number of fused-ring (bicyclic) bond motifs is 1. The quantitative estimate of drug-likeness (QED) is 0.807. The molecule has 0 radical (unpaired) electrons. The van der Waals surface area contributed by atoms with Crippen LogP contribution in [0.25, 0.3) is 0 Å². The van der Waals surface area contributed by atoms with E-state index < -0.39 is 11.7 Å². The largest absolute Gasteiger partial charge is 0.458 e. The molecule has 3 heteroatoms. The van der Waals surface area contributed by atoms with Crippen molar-refractivity contribution in [2.24, 2.45) is 11.3 Å². The number of esters is 1. The molecule has 0 unspecified atom stereocenters. The fourth-order valence-corrected chi connectivity index (χ4v) is 4.67. The molecule has 0 amide bonds. The van der Waals surface area contributed by atoms with Gasteiger partial charge in [0.05, 0.1) is 6.10 Å². The van der Waals surface area contributed by atoms with Crippen molar-refractivity contribution in [1.82, 2.24) is 0 Å². The number of ether oxygens (including phenoxy) is 1. The number of carbonyl (C=O) groups is 1. The van der Waals surface area contributed by atoms with Gasteiger partial charge in [-0.15, -0.1) is 0 Å². The van der Waals surface area contributed by atoms with Gasteiger partial charge < -0.3 is 9.84 Å². The van der Waals surface area contributed by atoms with Crippen molar-refractivity contribution in [1.29, 1.82) is 0 Å². The van der Waals surface area contributed by atoms with Crippen LogP contribution in [0.3, 0.4) is 0 Å². The third-order valence-corrected chi connectivity index (χ3v) is 5.52. The maximum atomic E-state index is 12.1. The van der Waals surface area contributed by atoms with Gasteiger partial charge in [-0.1, -0.05) is 44.2 Å². The molecule has 0 spiro atoms. The summed E-state index contributed by atoms with van der Waals surface area (Å²) in [4.78, 5) is 12.1. The van der Waals surface area contributed by atoms with E-state index in [1.165, 1.54) is 0 Å². The normalized spacial score (nSPS) is 38.5. The second-order valence-corrected chi connectivity index (χ2v) is 7.39. The maximum Gasteiger partial charge on any atom is 0.306 e. The summed E-state index contributed by atoms with van der Waals surface area (Å²) in [7, 11) is 0. The standard InChI is InChI=1S/C18H24O3/c1-17(2)10-9-15(20)21-18(3)13(11-14(19)16(17)18)12-7-5-4-6-8-12/h4-8,13-14,16,19H,9-11H2,1-3H3/t13-,14-,16+,18+/m1/s1. The molecule has 0 aromatic heterocycles. The molecule has 3 nitrogen and oxygen atoms in total. The zero-order valence-electron chi connectivity index (χ0n) is 13.0. The first-order valence-corrected chi connectivity index (χ1v) is 7.79. The fourth-order valence-electron chi connectivity index (χ4n) is 4.67. The van der Waals surface area contributed by atoms with Crippen molar-refractivity contribution >= 4 is 5.97 Å². The molecule has 1 aliphatic heterocycles. The first-order valence-electron chi connectivity index (χ1n) is 7.79. The van der Waals surface area contributed by atoms with Crippen LogP contribution in [-0.2, 0) is 9.53 Å². The molecule has 114 valence electrons. The van der Waals surface area contributed by atoms with Crippen molar-refractivity contribution in [2.75, 3.05) is 0 Å². The van der Waals surface area contributed by atoms with Crippen molar-refractivity contribution < 1.29 is 14.6 Å². The summed E-state index contributed by atoms with van der Waals surface area (Å²) in [5.74, 6) is -0.107. The number of aliphatic hydroxyl groups excluding tert-OH is 1. The number of hydrogen-bond donors (Lipinski definition) is 1. The molecular weight excluding hydrogens is 264 g/mol. The molecule has 1 heterocycles. The molecule has 21 heavy (non-hydrogen) atoms. The zero-order chi connectivity index (χ0) is 15.3. The van der Waals surface area contributed by atoms with E-state index in [2.05, 4.69) is 26.0 Å². The van der Waals surface area contributed by atoms with Gasteiger partial charge in [0.15, 0.2) is 0 Å². The van der Waals surface area contributed by atoms with Crippen LogP contribution in [0.15, 0.2) is 30.3 Å². The van der Waals surface area contributed by atoms with Gasteiger partial charge in [0.2, 0.25) is 0 Å². The SMILES string of the molecule is CC1(C)CCC(=O)O[C@@]2(C)[C@@H](c3ccccc3)C[C@@H](O)[C@@H]12. The molecule has 1 aromatic rings. The van der Waals surface area contributed by atoms with Crippen LogP contribution in [0, 0.1) is 11.3 Å². The Labute approximate surface area is 126 Å². The van der Waals surface area contributed by atoms with Crippen molar-refractivity contribution in [3.05, 3.63) is 35.9 Å². The van der Waals surface area contributed by atoms with E-state index in [1.807, 2.05) is 25.1 Å². The highest BCUT2D eigenvalue weighted by molar-refractivity contribution is 5.70. The predicted molar refractivity (Wildman–Crippen MR) is 80.8 cm³/mol. The number of hydrogen-bond acceptors (Lipinski definition) is 3. The Morgan fingerprint density at radius 2 is 1.86 bits per heavy atom. The van der Waals surface area contributed by atoms with Gasteiger partial charge in [-0.05, 0) is 30.7 Å². The van der Waals surface area contributed by atoms with Crippen molar-refractivity contribution in [3.63, 3.8) is 0 Å². The molecule has 1 aliphatic carbocycles. The number of carbonyl (C=O) groups excluding carboxylic acids is 1. The van der Waals surface area contributed by atoms with E-state index in [0.29, 0.717) is 12.8 Å². The molecule has 2 aliphatic rings. The Hall–Kier alpha value is -1.35. The van der Waals surface area contributed by atoms with Gasteiger partial charge in [0.1, 0.15) is 5.60 Å². The van der Waals surface area contributed by atoms with Crippen LogP contribution in [0.5, 0.6) is 0 Å². The van der Waals surface area contributed by atoms with Gasteiger partial charge in [0.25, 0.3) is 0 Å². The summed E-state index contributed by atoms with van der Waals surface area (Å²) in [5.41, 5.74) is 0.411. The summed E-state index contributed by atoms with van der Waals surface area (Å²) in [5, 5.41) is 10.7. The monoisotopic (exact) mass is 288 g/mol. The smallest absolute Gasteiger partial charge is 0.306 e. The van der Waals surface area contributed by atoms with Crippen molar-refractivity contribution in [3.8, 4) is 0 Å². The molecule has 2 fully saturated rings. The average Bonchev–Trinajstić information content (AvgIpc) is 2.64. The van der Waals surface area contributed by atoms with Gasteiger partial charge >= 0.3 is 5.97 Å². The first kappa shape index (κ1) is 14.6. The molecule has 1 saturated carbocycles. The Morgan fingerprint density at radius 1 is 1.19 bits per heavy atom. The summed E-state index contributed by atoms with van der Waals surface area (Å²) in [6.45, 7) is 6.31. The van der Waals surface area contributed by atoms with Crippen LogP contribution in [0.4, 0.5) is 0 Å².